The molecular formula is C11H20N2O2. The van der Waals surface area contributed by atoms with Crippen molar-refractivity contribution in [3.05, 3.63) is 0 Å². The summed E-state index contributed by atoms with van der Waals surface area (Å²) in [5.41, 5.74) is 0. The lowest BCUT2D eigenvalue weighted by Gasteiger charge is -2.10. The Balaban J connectivity index is 1.46. The Kier molecular flexibility index (Phi) is 3.97. The van der Waals surface area contributed by atoms with Gasteiger partial charge < -0.3 is 15.4 Å². The Bertz CT molecular complexity index is 211. The molecule has 0 aromatic carbocycles. The topological polar surface area (TPSA) is 50.4 Å². The average molecular weight is 212 g/mol. The molecule has 1 heterocycles. The molecule has 0 aromatic heterocycles. The third kappa shape index (κ3) is 4.18. The number of rotatable bonds is 6. The average Bonchev–Trinajstić information content (AvgIpc) is 2.92. The molecule has 1 saturated carbocycles. The van der Waals surface area contributed by atoms with Gasteiger partial charge >= 0.3 is 0 Å². The van der Waals surface area contributed by atoms with Crippen molar-refractivity contribution in [1.82, 2.24) is 10.6 Å². The Morgan fingerprint density at radius 1 is 1.27 bits per heavy atom. The first-order valence-corrected chi connectivity index (χ1v) is 5.93. The van der Waals surface area contributed by atoms with Crippen LogP contribution in [0.3, 0.4) is 0 Å². The van der Waals surface area contributed by atoms with Crippen LogP contribution in [0.2, 0.25) is 0 Å². The minimum absolute atomic E-state index is 0.111. The Morgan fingerprint density at radius 2 is 2.13 bits per heavy atom. The second-order valence-electron chi connectivity index (χ2n) is 4.51. The van der Waals surface area contributed by atoms with Gasteiger partial charge in [-0.2, -0.15) is 0 Å². The lowest BCUT2D eigenvalue weighted by molar-refractivity contribution is -0.120. The summed E-state index contributed by atoms with van der Waals surface area (Å²) in [7, 11) is 0. The van der Waals surface area contributed by atoms with Gasteiger partial charge in [-0.1, -0.05) is 0 Å². The van der Waals surface area contributed by atoms with Gasteiger partial charge in [-0.15, -0.1) is 0 Å². The predicted octanol–water partition coefficient (Wildman–Crippen LogP) is 0.281. The molecule has 0 bridgehead atoms. The fourth-order valence-electron chi connectivity index (χ4n) is 1.79. The number of amides is 1. The third-order valence-corrected chi connectivity index (χ3v) is 2.97. The Hall–Kier alpha value is -0.610. The lowest BCUT2D eigenvalue weighted by Crippen LogP contribution is -2.37. The highest BCUT2D eigenvalue weighted by molar-refractivity contribution is 5.77. The largest absolute Gasteiger partial charge is 0.377 e. The van der Waals surface area contributed by atoms with Gasteiger partial charge in [-0.05, 0) is 31.6 Å². The molecule has 1 atom stereocenters. The zero-order valence-corrected chi connectivity index (χ0v) is 9.13. The normalized spacial score (nSPS) is 25.5. The third-order valence-electron chi connectivity index (χ3n) is 2.97. The molecule has 2 aliphatic rings. The molecule has 2 rings (SSSR count). The summed E-state index contributed by atoms with van der Waals surface area (Å²) in [6, 6.07) is 0. The Morgan fingerprint density at radius 3 is 2.80 bits per heavy atom. The maximum Gasteiger partial charge on any atom is 0.233 e. The van der Waals surface area contributed by atoms with E-state index in [-0.39, 0.29) is 5.91 Å². The van der Waals surface area contributed by atoms with Crippen LogP contribution < -0.4 is 10.6 Å². The highest BCUT2D eigenvalue weighted by Crippen LogP contribution is 2.27. The number of carbonyl (C=O) groups excluding carboxylic acids is 1. The van der Waals surface area contributed by atoms with Crippen molar-refractivity contribution in [3.8, 4) is 0 Å². The highest BCUT2D eigenvalue weighted by Gasteiger charge is 2.21. The number of carbonyl (C=O) groups is 1. The number of ether oxygens (including phenoxy) is 1. The van der Waals surface area contributed by atoms with Crippen LogP contribution in [0.4, 0.5) is 0 Å². The van der Waals surface area contributed by atoms with Crippen molar-refractivity contribution in [3.63, 3.8) is 0 Å². The fourth-order valence-corrected chi connectivity index (χ4v) is 1.79. The van der Waals surface area contributed by atoms with Crippen LogP contribution in [-0.2, 0) is 9.53 Å². The molecule has 1 amide bonds. The summed E-state index contributed by atoms with van der Waals surface area (Å²) in [5, 5.41) is 6.06. The van der Waals surface area contributed by atoms with Gasteiger partial charge in [0.25, 0.3) is 0 Å². The molecule has 1 unspecified atom stereocenters. The summed E-state index contributed by atoms with van der Waals surface area (Å²) < 4.78 is 5.45. The van der Waals surface area contributed by atoms with Crippen molar-refractivity contribution < 1.29 is 9.53 Å². The molecule has 2 fully saturated rings. The molecule has 15 heavy (non-hydrogen) atoms. The van der Waals surface area contributed by atoms with Crippen LogP contribution >= 0.6 is 0 Å². The summed E-state index contributed by atoms with van der Waals surface area (Å²) in [6.07, 6.45) is 5.16. The first-order valence-electron chi connectivity index (χ1n) is 5.93. The number of hydrogen-bond donors (Lipinski definition) is 2. The maximum absolute atomic E-state index is 11.3. The number of hydrogen-bond acceptors (Lipinski definition) is 3. The van der Waals surface area contributed by atoms with Crippen LogP contribution in [0.5, 0.6) is 0 Å². The van der Waals surface area contributed by atoms with E-state index in [4.69, 9.17) is 4.74 Å². The van der Waals surface area contributed by atoms with E-state index >= 15 is 0 Å². The maximum atomic E-state index is 11.3. The van der Waals surface area contributed by atoms with Crippen molar-refractivity contribution in [2.24, 2.45) is 5.92 Å². The molecule has 4 heteroatoms. The molecule has 4 nitrogen and oxygen atoms in total. The zero-order chi connectivity index (χ0) is 10.5. The van der Waals surface area contributed by atoms with Gasteiger partial charge in [0.2, 0.25) is 5.91 Å². The summed E-state index contributed by atoms with van der Waals surface area (Å²) in [6.45, 7) is 2.96. The van der Waals surface area contributed by atoms with E-state index in [1.807, 2.05) is 0 Å². The molecule has 1 aliphatic heterocycles. The fraction of sp³-hybridized carbons (Fsp3) is 0.909. The van der Waals surface area contributed by atoms with Crippen LogP contribution in [0.25, 0.3) is 0 Å². The number of nitrogens with one attached hydrogen (secondary N) is 2. The van der Waals surface area contributed by atoms with E-state index in [0.717, 1.165) is 38.5 Å². The molecule has 1 saturated heterocycles. The quantitative estimate of drug-likeness (QED) is 0.665. The van der Waals surface area contributed by atoms with E-state index in [0.29, 0.717) is 12.6 Å². The van der Waals surface area contributed by atoms with Gasteiger partial charge in [-0.25, -0.2) is 0 Å². The van der Waals surface area contributed by atoms with E-state index in [1.54, 1.807) is 0 Å². The van der Waals surface area contributed by atoms with Gasteiger partial charge in [0.05, 0.1) is 12.6 Å². The highest BCUT2D eigenvalue weighted by atomic mass is 16.5. The van der Waals surface area contributed by atoms with Gasteiger partial charge in [0.1, 0.15) is 0 Å². The van der Waals surface area contributed by atoms with E-state index in [1.165, 1.54) is 12.8 Å². The zero-order valence-electron chi connectivity index (χ0n) is 9.13. The molecule has 86 valence electrons. The van der Waals surface area contributed by atoms with Gasteiger partial charge in [0.15, 0.2) is 0 Å². The van der Waals surface area contributed by atoms with E-state index < -0.39 is 0 Å². The molecule has 1 aliphatic carbocycles. The van der Waals surface area contributed by atoms with Crippen molar-refractivity contribution >= 4 is 5.91 Å². The molecule has 0 aromatic rings. The van der Waals surface area contributed by atoms with Crippen LogP contribution in [0.15, 0.2) is 0 Å². The smallest absolute Gasteiger partial charge is 0.233 e. The lowest BCUT2D eigenvalue weighted by atomic mass is 10.2. The second-order valence-corrected chi connectivity index (χ2v) is 4.51. The van der Waals surface area contributed by atoms with Crippen molar-refractivity contribution in [2.45, 2.75) is 31.8 Å². The second kappa shape index (κ2) is 5.47. The molecule has 0 radical (unpaired) electrons. The summed E-state index contributed by atoms with van der Waals surface area (Å²) in [5.74, 6) is 0.868. The van der Waals surface area contributed by atoms with Crippen LogP contribution in [-0.4, -0.2) is 38.3 Å². The minimum Gasteiger partial charge on any atom is -0.377 e. The Labute approximate surface area is 90.8 Å². The van der Waals surface area contributed by atoms with E-state index in [2.05, 4.69) is 10.6 Å². The minimum atomic E-state index is 0.111. The monoisotopic (exact) mass is 212 g/mol. The van der Waals surface area contributed by atoms with Gasteiger partial charge in [-0.3, -0.25) is 4.79 Å². The van der Waals surface area contributed by atoms with Crippen molar-refractivity contribution in [2.75, 3.05) is 26.2 Å². The van der Waals surface area contributed by atoms with E-state index in [9.17, 15) is 4.79 Å². The predicted molar refractivity (Wildman–Crippen MR) is 57.6 cm³/mol. The summed E-state index contributed by atoms with van der Waals surface area (Å²) >= 11 is 0. The standard InChI is InChI=1S/C11H20N2O2/c14-11(13-6-9-3-4-9)8-12-7-10-2-1-5-15-10/h9-10,12H,1-8H2,(H,13,14). The van der Waals surface area contributed by atoms with Crippen molar-refractivity contribution in [1.29, 1.82) is 0 Å². The van der Waals surface area contributed by atoms with Crippen LogP contribution in [0.1, 0.15) is 25.7 Å². The molecule has 0 spiro atoms. The summed E-state index contributed by atoms with van der Waals surface area (Å²) in [4.78, 5) is 11.3. The first kappa shape index (κ1) is 10.9. The molecule has 2 N–H and O–H groups in total. The first-order chi connectivity index (χ1) is 7.34. The molecular weight excluding hydrogens is 192 g/mol. The van der Waals surface area contributed by atoms with Gasteiger partial charge in [0, 0.05) is 19.7 Å². The SMILES string of the molecule is O=C(CNCC1CCCO1)NCC1CC1. The van der Waals surface area contributed by atoms with Crippen LogP contribution in [0, 0.1) is 5.92 Å².